The molecule has 2 rings (SSSR count). The van der Waals surface area contributed by atoms with Gasteiger partial charge in [0.05, 0.1) is 5.56 Å². The van der Waals surface area contributed by atoms with E-state index in [-0.39, 0.29) is 11.6 Å². The highest BCUT2D eigenvalue weighted by atomic mass is 35.5. The number of ether oxygens (including phenoxy) is 2. The molecular formula is C18H16ClF3N2O4. The summed E-state index contributed by atoms with van der Waals surface area (Å²) in [6.45, 7) is 1.48. The van der Waals surface area contributed by atoms with Crippen molar-refractivity contribution < 1.29 is 32.2 Å². The number of hydrogen-bond acceptors (Lipinski definition) is 4. The highest BCUT2D eigenvalue weighted by Gasteiger charge is 2.30. The molecule has 0 saturated carbocycles. The number of carbonyl (C=O) groups excluding carboxylic acids is 2. The lowest BCUT2D eigenvalue weighted by molar-refractivity contribution is -0.137. The van der Waals surface area contributed by atoms with Crippen molar-refractivity contribution in [3.63, 3.8) is 0 Å². The first-order chi connectivity index (χ1) is 13.2. The average Bonchev–Trinajstić information content (AvgIpc) is 2.67. The predicted molar refractivity (Wildman–Crippen MR) is 95.1 cm³/mol. The van der Waals surface area contributed by atoms with Gasteiger partial charge < -0.3 is 9.47 Å². The third-order valence-electron chi connectivity index (χ3n) is 3.37. The molecule has 1 atom stereocenters. The van der Waals surface area contributed by atoms with E-state index in [9.17, 15) is 22.8 Å². The third kappa shape index (κ3) is 6.34. The number of carbonyl (C=O) groups is 2. The summed E-state index contributed by atoms with van der Waals surface area (Å²) >= 11 is 5.29. The second-order valence-electron chi connectivity index (χ2n) is 5.53. The Morgan fingerprint density at radius 3 is 1.96 bits per heavy atom. The number of rotatable bonds is 6. The van der Waals surface area contributed by atoms with Crippen molar-refractivity contribution in [2.75, 3.05) is 5.88 Å². The summed E-state index contributed by atoms with van der Waals surface area (Å²) in [7, 11) is 0. The molecule has 0 fully saturated rings. The molecular weight excluding hydrogens is 401 g/mol. The lowest BCUT2D eigenvalue weighted by atomic mass is 10.2. The minimum Gasteiger partial charge on any atom is -0.481 e. The van der Waals surface area contributed by atoms with Crippen molar-refractivity contribution in [2.45, 2.75) is 19.2 Å². The Kier molecular flexibility index (Phi) is 7.11. The smallest absolute Gasteiger partial charge is 0.416 e. The Bertz CT molecular complexity index is 811. The van der Waals surface area contributed by atoms with E-state index in [1.54, 1.807) is 0 Å². The van der Waals surface area contributed by atoms with Gasteiger partial charge in [-0.3, -0.25) is 20.4 Å². The first-order valence-electron chi connectivity index (χ1n) is 7.95. The maximum absolute atomic E-state index is 12.5. The van der Waals surface area contributed by atoms with Crippen LogP contribution in [0.5, 0.6) is 17.2 Å². The molecule has 0 aromatic heterocycles. The third-order valence-corrected chi connectivity index (χ3v) is 3.61. The SMILES string of the molecule is CC(Oc1ccc(Oc2ccc(C(F)(F)F)cc2)cc1)C(=O)NNC(=O)CCl. The standard InChI is InChI=1S/C18H16ClF3N2O4/c1-11(17(26)24-23-16(25)10-19)27-13-6-8-15(9-7-13)28-14-4-2-12(3-5-14)18(20,21)22/h2-9,11H,10H2,1H3,(H,23,25)(H,24,26). The molecule has 28 heavy (non-hydrogen) atoms. The fourth-order valence-electron chi connectivity index (χ4n) is 1.96. The first-order valence-corrected chi connectivity index (χ1v) is 8.49. The second-order valence-corrected chi connectivity index (χ2v) is 5.79. The van der Waals surface area contributed by atoms with Crippen molar-refractivity contribution in [1.29, 1.82) is 0 Å². The topological polar surface area (TPSA) is 76.7 Å². The average molecular weight is 417 g/mol. The minimum atomic E-state index is -4.41. The summed E-state index contributed by atoms with van der Waals surface area (Å²) in [6, 6.07) is 10.4. The molecule has 150 valence electrons. The van der Waals surface area contributed by atoms with Crippen LogP contribution in [0.15, 0.2) is 48.5 Å². The molecule has 0 radical (unpaired) electrons. The lowest BCUT2D eigenvalue weighted by Crippen LogP contribution is -2.47. The minimum absolute atomic E-state index is 0.240. The maximum Gasteiger partial charge on any atom is 0.416 e. The first kappa shape index (κ1) is 21.4. The molecule has 10 heteroatoms. The van der Waals surface area contributed by atoms with Gasteiger partial charge >= 0.3 is 6.18 Å². The molecule has 2 amide bonds. The zero-order chi connectivity index (χ0) is 20.7. The van der Waals surface area contributed by atoms with Crippen molar-refractivity contribution in [2.24, 2.45) is 0 Å². The van der Waals surface area contributed by atoms with E-state index in [0.29, 0.717) is 11.5 Å². The van der Waals surface area contributed by atoms with E-state index in [0.717, 1.165) is 12.1 Å². The van der Waals surface area contributed by atoms with Gasteiger partial charge in [0.25, 0.3) is 11.8 Å². The van der Waals surface area contributed by atoms with Crippen molar-refractivity contribution in [3.8, 4) is 17.2 Å². The predicted octanol–water partition coefficient (Wildman–Crippen LogP) is 3.65. The molecule has 0 bridgehead atoms. The van der Waals surface area contributed by atoms with Crippen LogP contribution < -0.4 is 20.3 Å². The molecule has 1 unspecified atom stereocenters. The summed E-state index contributed by atoms with van der Waals surface area (Å²) < 4.78 is 48.5. The number of amides is 2. The Labute approximate surface area is 163 Å². The van der Waals surface area contributed by atoms with Crippen LogP contribution in [-0.2, 0) is 15.8 Å². The van der Waals surface area contributed by atoms with Gasteiger partial charge in [-0.1, -0.05) is 0 Å². The molecule has 2 aromatic rings. The molecule has 0 aliphatic carbocycles. The molecule has 6 nitrogen and oxygen atoms in total. The monoisotopic (exact) mass is 416 g/mol. The number of hydrogen-bond donors (Lipinski definition) is 2. The highest BCUT2D eigenvalue weighted by Crippen LogP contribution is 2.31. The van der Waals surface area contributed by atoms with Gasteiger partial charge in [0.2, 0.25) is 0 Å². The molecule has 0 saturated heterocycles. The molecule has 0 spiro atoms. The van der Waals surface area contributed by atoms with Gasteiger partial charge in [0.15, 0.2) is 6.10 Å². The lowest BCUT2D eigenvalue weighted by Gasteiger charge is -2.15. The largest absolute Gasteiger partial charge is 0.481 e. The molecule has 0 heterocycles. The van der Waals surface area contributed by atoms with Gasteiger partial charge in [-0.25, -0.2) is 0 Å². The van der Waals surface area contributed by atoms with Gasteiger partial charge in [-0.05, 0) is 55.5 Å². The van der Waals surface area contributed by atoms with Crippen LogP contribution in [0.2, 0.25) is 0 Å². The Hall–Kier alpha value is -2.94. The summed E-state index contributed by atoms with van der Waals surface area (Å²) in [5.74, 6) is -0.472. The van der Waals surface area contributed by atoms with E-state index < -0.39 is 29.7 Å². The number of nitrogens with one attached hydrogen (secondary N) is 2. The maximum atomic E-state index is 12.5. The summed E-state index contributed by atoms with van der Waals surface area (Å²) in [5, 5.41) is 0. The molecule has 2 aromatic carbocycles. The van der Waals surface area contributed by atoms with E-state index >= 15 is 0 Å². The quantitative estimate of drug-likeness (QED) is 0.556. The van der Waals surface area contributed by atoms with E-state index in [1.165, 1.54) is 43.3 Å². The van der Waals surface area contributed by atoms with Crippen LogP contribution in [-0.4, -0.2) is 23.8 Å². The fourth-order valence-corrected chi connectivity index (χ4v) is 2.03. The second kappa shape index (κ2) is 9.32. The van der Waals surface area contributed by atoms with Gasteiger partial charge in [-0.15, -0.1) is 11.6 Å². The fraction of sp³-hybridized carbons (Fsp3) is 0.222. The number of alkyl halides is 4. The van der Waals surface area contributed by atoms with E-state index in [2.05, 4.69) is 10.9 Å². The van der Waals surface area contributed by atoms with E-state index in [1.807, 2.05) is 0 Å². The zero-order valence-corrected chi connectivity index (χ0v) is 15.3. The summed E-state index contributed by atoms with van der Waals surface area (Å²) in [4.78, 5) is 22.8. The van der Waals surface area contributed by atoms with Crippen LogP contribution in [0.3, 0.4) is 0 Å². The van der Waals surface area contributed by atoms with Gasteiger partial charge in [-0.2, -0.15) is 13.2 Å². The van der Waals surface area contributed by atoms with Crippen molar-refractivity contribution >= 4 is 23.4 Å². The van der Waals surface area contributed by atoms with Crippen LogP contribution in [0.25, 0.3) is 0 Å². The molecule has 0 aliphatic heterocycles. The Morgan fingerprint density at radius 1 is 0.964 bits per heavy atom. The van der Waals surface area contributed by atoms with Crippen LogP contribution in [0.4, 0.5) is 13.2 Å². The number of halogens is 4. The van der Waals surface area contributed by atoms with Crippen LogP contribution >= 0.6 is 11.6 Å². The van der Waals surface area contributed by atoms with Crippen molar-refractivity contribution in [1.82, 2.24) is 10.9 Å². The highest BCUT2D eigenvalue weighted by molar-refractivity contribution is 6.27. The molecule has 0 aliphatic rings. The zero-order valence-electron chi connectivity index (χ0n) is 14.5. The summed E-state index contributed by atoms with van der Waals surface area (Å²) in [5.41, 5.74) is 3.50. The molecule has 2 N–H and O–H groups in total. The van der Waals surface area contributed by atoms with Gasteiger partial charge in [0, 0.05) is 0 Å². The normalized spacial score (nSPS) is 12.0. The van der Waals surface area contributed by atoms with Crippen molar-refractivity contribution in [3.05, 3.63) is 54.1 Å². The van der Waals surface area contributed by atoms with E-state index in [4.69, 9.17) is 21.1 Å². The Balaban J connectivity index is 1.90. The summed E-state index contributed by atoms with van der Waals surface area (Å²) in [6.07, 6.45) is -5.31. The van der Waals surface area contributed by atoms with Gasteiger partial charge in [0.1, 0.15) is 23.1 Å². The Morgan fingerprint density at radius 2 is 1.46 bits per heavy atom. The number of benzene rings is 2. The number of hydrazine groups is 1. The van der Waals surface area contributed by atoms with Crippen LogP contribution in [0, 0.1) is 0 Å². The van der Waals surface area contributed by atoms with Crippen LogP contribution in [0.1, 0.15) is 12.5 Å².